The topological polar surface area (TPSA) is 36.9 Å². The van der Waals surface area contributed by atoms with Crippen molar-refractivity contribution in [2.45, 2.75) is 27.2 Å². The van der Waals surface area contributed by atoms with Gasteiger partial charge in [-0.15, -0.1) is 11.6 Å². The highest BCUT2D eigenvalue weighted by molar-refractivity contribution is 6.53. The number of hydrogen-bond acceptors (Lipinski definition) is 4. The maximum atomic E-state index is 5.58. The molecule has 0 amide bonds. The Morgan fingerprint density at radius 1 is 0.867 bits per heavy atom. The molecule has 4 nitrogen and oxygen atoms in total. The molecular weight excluding hydrogens is 236 g/mol. The highest BCUT2D eigenvalue weighted by atomic mass is 35.5. The summed E-state index contributed by atoms with van der Waals surface area (Å²) in [5, 5.41) is 0. The fourth-order valence-corrected chi connectivity index (χ4v) is 3.10. The molecule has 15 heavy (non-hydrogen) atoms. The Bertz CT molecular complexity index is 131. The smallest absolute Gasteiger partial charge is 0.351 e. The second kappa shape index (κ2) is 9.56. The molecule has 0 bridgehead atoms. The van der Waals surface area contributed by atoms with Crippen LogP contribution in [0.3, 0.4) is 0 Å². The lowest BCUT2D eigenvalue weighted by Gasteiger charge is -2.26. The molecule has 0 aromatic heterocycles. The summed E-state index contributed by atoms with van der Waals surface area (Å²) in [4.78, 5) is 0. The standard InChI is InChI=1S/C9H21ClO4Si/c1-4-11-15(12-5-2,13-6-3)14-9-7-8-10/h4-9H2,1-3H3. The third-order valence-corrected chi connectivity index (χ3v) is 4.27. The first-order valence-corrected chi connectivity index (χ1v) is 7.53. The predicted molar refractivity (Wildman–Crippen MR) is 61.9 cm³/mol. The van der Waals surface area contributed by atoms with Crippen molar-refractivity contribution in [3.05, 3.63) is 0 Å². The van der Waals surface area contributed by atoms with Gasteiger partial charge in [-0.1, -0.05) is 0 Å². The molecule has 0 heterocycles. The monoisotopic (exact) mass is 256 g/mol. The van der Waals surface area contributed by atoms with Gasteiger partial charge in [0.2, 0.25) is 0 Å². The average Bonchev–Trinajstić information content (AvgIpc) is 2.19. The first kappa shape index (κ1) is 15.3. The van der Waals surface area contributed by atoms with Crippen LogP contribution < -0.4 is 0 Å². The second-order valence-corrected chi connectivity index (χ2v) is 5.22. The minimum absolute atomic E-state index is 0.510. The summed E-state index contributed by atoms with van der Waals surface area (Å²) in [6.45, 7) is 7.75. The minimum atomic E-state index is -2.89. The van der Waals surface area contributed by atoms with Crippen LogP contribution in [0.4, 0.5) is 0 Å². The third-order valence-electron chi connectivity index (χ3n) is 1.52. The molecule has 0 saturated carbocycles. The maximum absolute atomic E-state index is 5.58. The van der Waals surface area contributed by atoms with E-state index < -0.39 is 9.05 Å². The summed E-state index contributed by atoms with van der Waals surface area (Å²) >= 11 is 5.57. The van der Waals surface area contributed by atoms with Crippen LogP contribution >= 0.6 is 11.6 Å². The van der Waals surface area contributed by atoms with Crippen molar-refractivity contribution in [3.63, 3.8) is 0 Å². The lowest BCUT2D eigenvalue weighted by Crippen LogP contribution is -2.49. The summed E-state index contributed by atoms with van der Waals surface area (Å²) in [6.07, 6.45) is 0.767. The van der Waals surface area contributed by atoms with Gasteiger partial charge in [0.25, 0.3) is 0 Å². The predicted octanol–water partition coefficient (Wildman–Crippen LogP) is 2.18. The summed E-state index contributed by atoms with van der Waals surface area (Å²) in [5.41, 5.74) is 0. The molecule has 0 aromatic rings. The van der Waals surface area contributed by atoms with Crippen LogP contribution in [0.5, 0.6) is 0 Å². The van der Waals surface area contributed by atoms with Gasteiger partial charge < -0.3 is 17.7 Å². The molecule has 0 fully saturated rings. The normalized spacial score (nSPS) is 12.0. The fraction of sp³-hybridized carbons (Fsp3) is 1.00. The Balaban J connectivity index is 4.18. The summed E-state index contributed by atoms with van der Waals surface area (Å²) in [6, 6.07) is 0. The highest BCUT2D eigenvalue weighted by Gasteiger charge is 2.44. The first-order chi connectivity index (χ1) is 7.24. The molecule has 0 unspecified atom stereocenters. The van der Waals surface area contributed by atoms with Gasteiger partial charge in [0.1, 0.15) is 0 Å². The van der Waals surface area contributed by atoms with Gasteiger partial charge in [0.05, 0.1) is 0 Å². The van der Waals surface area contributed by atoms with Crippen LogP contribution in [-0.4, -0.2) is 41.4 Å². The molecule has 0 aliphatic carbocycles. The van der Waals surface area contributed by atoms with Crippen molar-refractivity contribution in [1.82, 2.24) is 0 Å². The van der Waals surface area contributed by atoms with E-state index in [4.69, 9.17) is 29.3 Å². The van der Waals surface area contributed by atoms with Crippen molar-refractivity contribution in [2.24, 2.45) is 0 Å². The Morgan fingerprint density at radius 3 is 1.67 bits per heavy atom. The molecule has 0 atom stereocenters. The van der Waals surface area contributed by atoms with Crippen molar-refractivity contribution >= 4 is 20.6 Å². The third kappa shape index (κ3) is 6.50. The largest absolute Gasteiger partial charge is 0.679 e. The minimum Gasteiger partial charge on any atom is -0.351 e. The van der Waals surface area contributed by atoms with E-state index in [0.717, 1.165) is 6.42 Å². The van der Waals surface area contributed by atoms with E-state index in [0.29, 0.717) is 32.3 Å². The van der Waals surface area contributed by atoms with E-state index >= 15 is 0 Å². The van der Waals surface area contributed by atoms with E-state index in [-0.39, 0.29) is 0 Å². The molecule has 0 N–H and O–H groups in total. The molecule has 92 valence electrons. The zero-order chi connectivity index (χ0) is 11.6. The Kier molecular flexibility index (Phi) is 9.79. The quantitative estimate of drug-likeness (QED) is 0.341. The number of halogens is 1. The SMILES string of the molecule is CCO[Si](OCC)(OCC)OCCCCl. The number of rotatable bonds is 10. The van der Waals surface area contributed by atoms with Gasteiger partial charge in [0.15, 0.2) is 0 Å². The second-order valence-electron chi connectivity index (χ2n) is 2.69. The Labute approximate surface area is 98.3 Å². The van der Waals surface area contributed by atoms with Crippen LogP contribution in [-0.2, 0) is 17.7 Å². The molecular formula is C9H21ClO4Si. The van der Waals surface area contributed by atoms with E-state index in [1.54, 1.807) is 0 Å². The molecule has 0 rings (SSSR count). The molecule has 0 spiro atoms. The zero-order valence-electron chi connectivity index (χ0n) is 9.75. The van der Waals surface area contributed by atoms with Crippen molar-refractivity contribution in [3.8, 4) is 0 Å². The van der Waals surface area contributed by atoms with Gasteiger partial charge in [0, 0.05) is 32.3 Å². The van der Waals surface area contributed by atoms with Crippen molar-refractivity contribution in [2.75, 3.05) is 32.3 Å². The summed E-state index contributed by atoms with van der Waals surface area (Å²) < 4.78 is 22.0. The van der Waals surface area contributed by atoms with Gasteiger partial charge in [-0.25, -0.2) is 0 Å². The van der Waals surface area contributed by atoms with Gasteiger partial charge in [-0.2, -0.15) is 0 Å². The summed E-state index contributed by atoms with van der Waals surface area (Å²) in [5.74, 6) is 0.564. The lowest BCUT2D eigenvalue weighted by molar-refractivity contribution is -0.0271. The van der Waals surface area contributed by atoms with Crippen molar-refractivity contribution in [1.29, 1.82) is 0 Å². The number of hydrogen-bond donors (Lipinski definition) is 0. The number of alkyl halides is 1. The van der Waals surface area contributed by atoms with Gasteiger partial charge >= 0.3 is 9.05 Å². The first-order valence-electron chi connectivity index (χ1n) is 5.36. The van der Waals surface area contributed by atoms with E-state index in [2.05, 4.69) is 0 Å². The van der Waals surface area contributed by atoms with Crippen LogP contribution in [0, 0.1) is 0 Å². The van der Waals surface area contributed by atoms with Crippen LogP contribution in [0.15, 0.2) is 0 Å². The van der Waals surface area contributed by atoms with E-state index in [1.165, 1.54) is 0 Å². The maximum Gasteiger partial charge on any atom is 0.679 e. The highest BCUT2D eigenvalue weighted by Crippen LogP contribution is 2.12. The molecule has 0 aliphatic rings. The molecule has 0 aliphatic heterocycles. The summed E-state index contributed by atoms with van der Waals surface area (Å²) in [7, 11) is -2.89. The average molecular weight is 257 g/mol. The fourth-order valence-electron chi connectivity index (χ4n) is 1.03. The van der Waals surface area contributed by atoms with Gasteiger partial charge in [-0.3, -0.25) is 0 Å². The Hall–Kier alpha value is 0.347. The molecule has 6 heteroatoms. The van der Waals surface area contributed by atoms with Crippen LogP contribution in [0.2, 0.25) is 0 Å². The zero-order valence-corrected chi connectivity index (χ0v) is 11.5. The Morgan fingerprint density at radius 2 is 1.33 bits per heavy atom. The molecule has 0 saturated heterocycles. The molecule has 0 aromatic carbocycles. The lowest BCUT2D eigenvalue weighted by atomic mass is 10.5. The molecule has 0 radical (unpaired) electrons. The van der Waals surface area contributed by atoms with E-state index in [9.17, 15) is 0 Å². The van der Waals surface area contributed by atoms with Crippen LogP contribution in [0.25, 0.3) is 0 Å². The van der Waals surface area contributed by atoms with Crippen molar-refractivity contribution < 1.29 is 17.7 Å². The van der Waals surface area contributed by atoms with E-state index in [1.807, 2.05) is 20.8 Å². The van der Waals surface area contributed by atoms with Gasteiger partial charge in [-0.05, 0) is 27.2 Å². The van der Waals surface area contributed by atoms with Crippen LogP contribution in [0.1, 0.15) is 27.2 Å².